The van der Waals surface area contributed by atoms with E-state index in [-0.39, 0.29) is 0 Å². The van der Waals surface area contributed by atoms with E-state index in [1.807, 2.05) is 78.2 Å². The Kier molecular flexibility index (Phi) is 6.82. The number of nitrogens with zero attached hydrogens (tertiary/aromatic N) is 2. The molecule has 0 radical (unpaired) electrons. The molecular formula is C24H20ClN3O2S. The Morgan fingerprint density at radius 2 is 1.84 bits per heavy atom. The number of nitrogens with one attached hydrogen (secondary N) is 1. The molecule has 156 valence electrons. The molecule has 31 heavy (non-hydrogen) atoms. The van der Waals surface area contributed by atoms with E-state index < -0.39 is 0 Å². The quantitative estimate of drug-likeness (QED) is 0.246. The van der Waals surface area contributed by atoms with Crippen molar-refractivity contribution in [1.82, 2.24) is 4.98 Å². The molecule has 7 heteroatoms. The summed E-state index contributed by atoms with van der Waals surface area (Å²) in [4.78, 5) is 4.56. The van der Waals surface area contributed by atoms with Crippen LogP contribution in [0.15, 0.2) is 83.3 Å². The van der Waals surface area contributed by atoms with Gasteiger partial charge in [0.2, 0.25) is 5.13 Å². The van der Waals surface area contributed by atoms with E-state index in [0.29, 0.717) is 23.1 Å². The minimum atomic E-state index is 0.360. The normalized spacial score (nSPS) is 10.9. The summed E-state index contributed by atoms with van der Waals surface area (Å²) in [6, 6.07) is 23.3. The Hall–Kier alpha value is -3.35. The summed E-state index contributed by atoms with van der Waals surface area (Å²) in [6.45, 7) is 0.360. The first kappa shape index (κ1) is 20.9. The van der Waals surface area contributed by atoms with Crippen molar-refractivity contribution in [2.45, 2.75) is 6.61 Å². The number of aromatic nitrogens is 1. The van der Waals surface area contributed by atoms with Crippen LogP contribution < -0.4 is 14.9 Å². The number of methoxy groups -OCH3 is 1. The van der Waals surface area contributed by atoms with Gasteiger partial charge in [-0.1, -0.05) is 60.1 Å². The van der Waals surface area contributed by atoms with Crippen LogP contribution in [-0.4, -0.2) is 18.3 Å². The van der Waals surface area contributed by atoms with E-state index in [9.17, 15) is 0 Å². The molecule has 4 aromatic rings. The molecule has 0 unspecified atom stereocenters. The van der Waals surface area contributed by atoms with Crippen LogP contribution in [0, 0.1) is 0 Å². The van der Waals surface area contributed by atoms with Crippen LogP contribution in [0.25, 0.3) is 11.3 Å². The van der Waals surface area contributed by atoms with E-state index in [2.05, 4.69) is 15.5 Å². The second kappa shape index (κ2) is 10.1. The summed E-state index contributed by atoms with van der Waals surface area (Å²) in [7, 11) is 1.61. The molecule has 3 aromatic carbocycles. The molecule has 4 rings (SSSR count). The van der Waals surface area contributed by atoms with E-state index in [1.165, 1.54) is 11.3 Å². The maximum atomic E-state index is 6.19. The van der Waals surface area contributed by atoms with Crippen LogP contribution >= 0.6 is 22.9 Å². The van der Waals surface area contributed by atoms with Gasteiger partial charge in [-0.25, -0.2) is 4.98 Å². The highest BCUT2D eigenvalue weighted by atomic mass is 35.5. The van der Waals surface area contributed by atoms with Crippen molar-refractivity contribution in [2.24, 2.45) is 5.10 Å². The zero-order valence-corrected chi connectivity index (χ0v) is 18.4. The molecule has 0 aliphatic rings. The molecular weight excluding hydrogens is 430 g/mol. The molecule has 0 aliphatic carbocycles. The minimum absolute atomic E-state index is 0.360. The third-order valence-corrected chi connectivity index (χ3v) is 5.59. The van der Waals surface area contributed by atoms with E-state index >= 15 is 0 Å². The molecule has 1 heterocycles. The average molecular weight is 450 g/mol. The first-order valence-electron chi connectivity index (χ1n) is 9.57. The highest BCUT2D eigenvalue weighted by Crippen LogP contribution is 2.29. The number of hydrogen-bond donors (Lipinski definition) is 1. The van der Waals surface area contributed by atoms with Gasteiger partial charge in [-0.3, -0.25) is 5.43 Å². The summed E-state index contributed by atoms with van der Waals surface area (Å²) >= 11 is 7.70. The van der Waals surface area contributed by atoms with Gasteiger partial charge in [0, 0.05) is 21.5 Å². The summed E-state index contributed by atoms with van der Waals surface area (Å²) in [5.74, 6) is 1.26. The van der Waals surface area contributed by atoms with E-state index in [0.717, 1.165) is 27.5 Å². The highest BCUT2D eigenvalue weighted by Gasteiger charge is 2.07. The van der Waals surface area contributed by atoms with Crippen molar-refractivity contribution in [2.75, 3.05) is 12.5 Å². The predicted octanol–water partition coefficient (Wildman–Crippen LogP) is 6.50. The van der Waals surface area contributed by atoms with Gasteiger partial charge in [0.1, 0.15) is 6.61 Å². The van der Waals surface area contributed by atoms with Crippen molar-refractivity contribution in [3.63, 3.8) is 0 Å². The monoisotopic (exact) mass is 449 g/mol. The Labute approximate surface area is 190 Å². The van der Waals surface area contributed by atoms with Crippen molar-refractivity contribution in [3.05, 3.63) is 94.3 Å². The maximum Gasteiger partial charge on any atom is 0.203 e. The van der Waals surface area contributed by atoms with Crippen molar-refractivity contribution < 1.29 is 9.47 Å². The number of rotatable bonds is 8. The zero-order valence-electron chi connectivity index (χ0n) is 16.8. The summed E-state index contributed by atoms with van der Waals surface area (Å²) < 4.78 is 11.4. The zero-order chi connectivity index (χ0) is 21.5. The largest absolute Gasteiger partial charge is 0.493 e. The molecule has 1 aromatic heterocycles. The fourth-order valence-corrected chi connectivity index (χ4v) is 3.74. The standard InChI is InChI=1S/C24H20ClN3O2S/c1-29-23-13-17(11-12-22(23)30-15-19-9-5-6-10-20(19)25)14-26-28-24-27-21(16-31-24)18-7-3-2-4-8-18/h2-14,16H,15H2,1H3,(H,27,28). The lowest BCUT2D eigenvalue weighted by Crippen LogP contribution is -1.99. The van der Waals surface area contributed by atoms with Gasteiger partial charge in [0.25, 0.3) is 0 Å². The number of hydrogen-bond acceptors (Lipinski definition) is 6. The molecule has 1 N–H and O–H groups in total. The lowest BCUT2D eigenvalue weighted by atomic mass is 10.2. The van der Waals surface area contributed by atoms with Crippen molar-refractivity contribution >= 4 is 34.3 Å². The lowest BCUT2D eigenvalue weighted by molar-refractivity contribution is 0.284. The van der Waals surface area contributed by atoms with Crippen molar-refractivity contribution in [3.8, 4) is 22.8 Å². The Bertz CT molecular complexity index is 1180. The number of benzene rings is 3. The molecule has 0 spiro atoms. The molecule has 0 bridgehead atoms. The fraction of sp³-hybridized carbons (Fsp3) is 0.0833. The predicted molar refractivity (Wildman–Crippen MR) is 128 cm³/mol. The molecule has 0 atom stereocenters. The van der Waals surface area contributed by atoms with Crippen LogP contribution in [0.1, 0.15) is 11.1 Å². The summed E-state index contributed by atoms with van der Waals surface area (Å²) in [6.07, 6.45) is 1.71. The lowest BCUT2D eigenvalue weighted by Gasteiger charge is -2.12. The van der Waals surface area contributed by atoms with Gasteiger partial charge in [-0.2, -0.15) is 5.10 Å². The van der Waals surface area contributed by atoms with Crippen LogP contribution in [0.4, 0.5) is 5.13 Å². The maximum absolute atomic E-state index is 6.19. The second-order valence-electron chi connectivity index (χ2n) is 6.56. The summed E-state index contributed by atoms with van der Waals surface area (Å²) in [5.41, 5.74) is 6.76. The second-order valence-corrected chi connectivity index (χ2v) is 7.83. The third kappa shape index (κ3) is 5.42. The third-order valence-electron chi connectivity index (χ3n) is 4.48. The Morgan fingerprint density at radius 3 is 2.65 bits per heavy atom. The number of ether oxygens (including phenoxy) is 2. The topological polar surface area (TPSA) is 55.7 Å². The summed E-state index contributed by atoms with van der Waals surface area (Å²) in [5, 5.41) is 7.69. The minimum Gasteiger partial charge on any atom is -0.493 e. The number of halogens is 1. The highest BCUT2D eigenvalue weighted by molar-refractivity contribution is 7.14. The molecule has 0 aliphatic heterocycles. The molecule has 0 fully saturated rings. The van der Waals surface area contributed by atoms with Crippen molar-refractivity contribution in [1.29, 1.82) is 0 Å². The molecule has 0 amide bonds. The van der Waals surface area contributed by atoms with Crippen LogP contribution in [0.2, 0.25) is 5.02 Å². The van der Waals surface area contributed by atoms with Crippen LogP contribution in [-0.2, 0) is 6.61 Å². The SMILES string of the molecule is COc1cc(C=NNc2nc(-c3ccccc3)cs2)ccc1OCc1ccccc1Cl. The van der Waals surface area contributed by atoms with E-state index in [4.69, 9.17) is 21.1 Å². The van der Waals surface area contributed by atoms with E-state index in [1.54, 1.807) is 13.3 Å². The van der Waals surface area contributed by atoms with Gasteiger partial charge < -0.3 is 9.47 Å². The van der Waals surface area contributed by atoms with Crippen LogP contribution in [0.3, 0.4) is 0 Å². The number of anilines is 1. The number of thiazole rings is 1. The van der Waals surface area contributed by atoms with Crippen LogP contribution in [0.5, 0.6) is 11.5 Å². The first-order valence-corrected chi connectivity index (χ1v) is 10.8. The Balaban J connectivity index is 1.39. The van der Waals surface area contributed by atoms with Gasteiger partial charge in [-0.15, -0.1) is 11.3 Å². The fourth-order valence-electron chi connectivity index (χ4n) is 2.88. The average Bonchev–Trinajstić information content (AvgIpc) is 3.28. The molecule has 0 saturated carbocycles. The first-order chi connectivity index (χ1) is 15.2. The Morgan fingerprint density at radius 1 is 1.03 bits per heavy atom. The smallest absolute Gasteiger partial charge is 0.203 e. The van der Waals surface area contributed by atoms with Gasteiger partial charge in [-0.05, 0) is 29.8 Å². The van der Waals surface area contributed by atoms with Gasteiger partial charge in [0.05, 0.1) is 19.0 Å². The molecule has 0 saturated heterocycles. The number of hydrazone groups is 1. The van der Waals surface area contributed by atoms with Gasteiger partial charge in [0.15, 0.2) is 11.5 Å². The van der Waals surface area contributed by atoms with Gasteiger partial charge >= 0.3 is 0 Å². The molecule has 5 nitrogen and oxygen atoms in total.